The molecule has 3 atom stereocenters. The summed E-state index contributed by atoms with van der Waals surface area (Å²) in [6.45, 7) is 1.54. The molecule has 1 aliphatic heterocycles. The molecular formula is C22H26O8S2. The van der Waals surface area contributed by atoms with Gasteiger partial charge in [0.25, 0.3) is 10.1 Å². The molecule has 0 radical (unpaired) electrons. The van der Waals surface area contributed by atoms with Crippen LogP contribution in [0.2, 0.25) is 0 Å². The molecule has 0 spiro atoms. The Balaban J connectivity index is 1.96. The highest BCUT2D eigenvalue weighted by molar-refractivity contribution is 7.95. The van der Waals surface area contributed by atoms with E-state index in [0.717, 1.165) is 17.4 Å². The van der Waals surface area contributed by atoms with Crippen molar-refractivity contribution in [2.24, 2.45) is 0 Å². The van der Waals surface area contributed by atoms with Gasteiger partial charge in [0.15, 0.2) is 6.29 Å². The first kappa shape index (κ1) is 24.6. The van der Waals surface area contributed by atoms with Crippen LogP contribution in [0.15, 0.2) is 70.5 Å². The maximum atomic E-state index is 13.4. The normalized spacial score (nSPS) is 21.8. The van der Waals surface area contributed by atoms with E-state index in [1.165, 1.54) is 25.3 Å². The van der Waals surface area contributed by atoms with E-state index in [4.69, 9.17) is 18.4 Å². The van der Waals surface area contributed by atoms with Gasteiger partial charge in [0.05, 0.1) is 29.3 Å². The van der Waals surface area contributed by atoms with Crippen LogP contribution in [0.5, 0.6) is 0 Å². The number of methoxy groups -OCH3 is 1. The summed E-state index contributed by atoms with van der Waals surface area (Å²) in [6.07, 6.45) is -0.703. The molecule has 0 saturated carbocycles. The fraction of sp³-hybridized carbons (Fsp3) is 0.364. The van der Waals surface area contributed by atoms with Crippen LogP contribution in [0, 0.1) is 6.92 Å². The Labute approximate surface area is 188 Å². The third kappa shape index (κ3) is 6.25. The summed E-state index contributed by atoms with van der Waals surface area (Å²) in [7, 11) is -6.44. The molecule has 0 aliphatic carbocycles. The van der Waals surface area contributed by atoms with E-state index >= 15 is 0 Å². The Bertz CT molecular complexity index is 1140. The molecule has 0 bridgehead atoms. The average molecular weight is 483 g/mol. The van der Waals surface area contributed by atoms with Crippen LogP contribution in [0.25, 0.3) is 0 Å². The van der Waals surface area contributed by atoms with Gasteiger partial charge < -0.3 is 14.2 Å². The van der Waals surface area contributed by atoms with Crippen LogP contribution in [0.1, 0.15) is 11.1 Å². The summed E-state index contributed by atoms with van der Waals surface area (Å²) in [5.74, 6) is 0. The highest BCUT2D eigenvalue weighted by Crippen LogP contribution is 2.31. The van der Waals surface area contributed by atoms with E-state index in [1.54, 1.807) is 12.1 Å². The second kappa shape index (κ2) is 10.2. The minimum absolute atomic E-state index is 0.0555. The fourth-order valence-corrected chi connectivity index (χ4v) is 5.08. The molecule has 2 aromatic carbocycles. The van der Waals surface area contributed by atoms with Gasteiger partial charge in [0.2, 0.25) is 9.84 Å². The van der Waals surface area contributed by atoms with Gasteiger partial charge in [-0.05, 0) is 30.7 Å². The van der Waals surface area contributed by atoms with Gasteiger partial charge in [-0.25, -0.2) is 8.42 Å². The number of hydrogen-bond donors (Lipinski definition) is 0. The molecule has 0 saturated heterocycles. The third-order valence-electron chi connectivity index (χ3n) is 4.81. The summed E-state index contributed by atoms with van der Waals surface area (Å²) in [5.41, 5.74) is 1.79. The first-order valence-corrected chi connectivity index (χ1v) is 13.1. The van der Waals surface area contributed by atoms with Crippen molar-refractivity contribution >= 4 is 20.0 Å². The van der Waals surface area contributed by atoms with Crippen molar-refractivity contribution < 1.29 is 35.2 Å². The molecule has 1 aliphatic rings. The van der Waals surface area contributed by atoms with Crippen LogP contribution in [-0.2, 0) is 45.0 Å². The Morgan fingerprint density at radius 3 is 2.22 bits per heavy atom. The zero-order chi connectivity index (χ0) is 23.4. The van der Waals surface area contributed by atoms with E-state index in [9.17, 15) is 16.8 Å². The van der Waals surface area contributed by atoms with Crippen molar-refractivity contribution in [3.63, 3.8) is 0 Å². The van der Waals surface area contributed by atoms with Crippen LogP contribution >= 0.6 is 0 Å². The molecular weight excluding hydrogens is 456 g/mol. The van der Waals surface area contributed by atoms with Gasteiger partial charge in [-0.1, -0.05) is 48.0 Å². The van der Waals surface area contributed by atoms with Crippen LogP contribution in [0.3, 0.4) is 0 Å². The minimum Gasteiger partial charge on any atom is -0.364 e. The van der Waals surface area contributed by atoms with E-state index in [1.807, 2.05) is 37.3 Å². The Hall–Kier alpha value is -2.08. The van der Waals surface area contributed by atoms with E-state index < -0.39 is 45.1 Å². The summed E-state index contributed by atoms with van der Waals surface area (Å²) in [4.78, 5) is -0.0867. The lowest BCUT2D eigenvalue weighted by atomic mass is 10.2. The standard InChI is InChI=1S/C22H26O8S2/c1-16-9-11-18(12-10-16)32(25,26)21-13-19(28-14-17-7-5-4-6-8-17)22(27-2)30-20(21)15-29-31(3,23)24/h4-13,19-20,22H,14-15H2,1-3H3. The van der Waals surface area contributed by atoms with Gasteiger partial charge >= 0.3 is 0 Å². The van der Waals surface area contributed by atoms with Gasteiger partial charge in [-0.3, -0.25) is 4.18 Å². The van der Waals surface area contributed by atoms with Crippen molar-refractivity contribution in [2.75, 3.05) is 20.0 Å². The summed E-state index contributed by atoms with van der Waals surface area (Å²) in [6, 6.07) is 15.7. The SMILES string of the molecule is COC1OC(COS(C)(=O)=O)C(S(=O)(=O)c2ccc(C)cc2)=CC1OCc1ccccc1. The number of ether oxygens (including phenoxy) is 3. The minimum atomic E-state index is -4.02. The molecule has 0 amide bonds. The zero-order valence-corrected chi connectivity index (χ0v) is 19.6. The van der Waals surface area contributed by atoms with Crippen molar-refractivity contribution in [3.05, 3.63) is 76.7 Å². The first-order valence-electron chi connectivity index (χ1n) is 9.82. The van der Waals surface area contributed by atoms with E-state index in [-0.39, 0.29) is 16.4 Å². The fourth-order valence-electron chi connectivity index (χ4n) is 3.16. The number of benzene rings is 2. The molecule has 3 rings (SSSR count). The lowest BCUT2D eigenvalue weighted by Crippen LogP contribution is -2.44. The number of rotatable bonds is 9. The summed E-state index contributed by atoms with van der Waals surface area (Å²) >= 11 is 0. The number of hydrogen-bond acceptors (Lipinski definition) is 8. The quantitative estimate of drug-likeness (QED) is 0.502. The molecule has 1 heterocycles. The molecule has 0 fully saturated rings. The zero-order valence-electron chi connectivity index (χ0n) is 18.0. The maximum Gasteiger partial charge on any atom is 0.264 e. The molecule has 174 valence electrons. The Morgan fingerprint density at radius 2 is 1.62 bits per heavy atom. The summed E-state index contributed by atoms with van der Waals surface area (Å²) in [5, 5.41) is 0. The van der Waals surface area contributed by atoms with Crippen molar-refractivity contribution in [2.45, 2.75) is 36.9 Å². The topological polar surface area (TPSA) is 105 Å². The Kier molecular flexibility index (Phi) is 7.86. The smallest absolute Gasteiger partial charge is 0.264 e. The van der Waals surface area contributed by atoms with Crippen molar-refractivity contribution in [3.8, 4) is 0 Å². The number of sulfone groups is 1. The molecule has 8 nitrogen and oxygen atoms in total. The van der Waals surface area contributed by atoms with Crippen molar-refractivity contribution in [1.82, 2.24) is 0 Å². The van der Waals surface area contributed by atoms with Crippen LogP contribution < -0.4 is 0 Å². The highest BCUT2D eigenvalue weighted by atomic mass is 32.2. The van der Waals surface area contributed by atoms with Crippen LogP contribution in [0.4, 0.5) is 0 Å². The monoisotopic (exact) mass is 482 g/mol. The second-order valence-corrected chi connectivity index (χ2v) is 11.0. The van der Waals surface area contributed by atoms with Gasteiger partial charge in [-0.15, -0.1) is 0 Å². The first-order chi connectivity index (χ1) is 15.1. The molecule has 0 N–H and O–H groups in total. The predicted octanol–water partition coefficient (Wildman–Crippen LogP) is 2.59. The maximum absolute atomic E-state index is 13.4. The van der Waals surface area contributed by atoms with Gasteiger partial charge in [0.1, 0.15) is 12.2 Å². The highest BCUT2D eigenvalue weighted by Gasteiger charge is 2.39. The third-order valence-corrected chi connectivity index (χ3v) is 7.28. The molecule has 0 aromatic heterocycles. The summed E-state index contributed by atoms with van der Waals surface area (Å²) < 4.78 is 71.7. The average Bonchev–Trinajstić information content (AvgIpc) is 2.76. The molecule has 2 aromatic rings. The number of aryl methyl sites for hydroxylation is 1. The molecule has 3 unspecified atom stereocenters. The van der Waals surface area contributed by atoms with E-state index in [0.29, 0.717) is 0 Å². The largest absolute Gasteiger partial charge is 0.364 e. The lowest BCUT2D eigenvalue weighted by molar-refractivity contribution is -0.209. The predicted molar refractivity (Wildman–Crippen MR) is 118 cm³/mol. The Morgan fingerprint density at radius 1 is 0.969 bits per heavy atom. The van der Waals surface area contributed by atoms with Crippen molar-refractivity contribution in [1.29, 1.82) is 0 Å². The van der Waals surface area contributed by atoms with Crippen LogP contribution in [-0.4, -0.2) is 55.3 Å². The second-order valence-electron chi connectivity index (χ2n) is 7.36. The molecule has 32 heavy (non-hydrogen) atoms. The van der Waals surface area contributed by atoms with Gasteiger partial charge in [-0.2, -0.15) is 8.42 Å². The molecule has 10 heteroatoms. The lowest BCUT2D eigenvalue weighted by Gasteiger charge is -2.34. The van der Waals surface area contributed by atoms with E-state index in [2.05, 4.69) is 0 Å². The van der Waals surface area contributed by atoms with Gasteiger partial charge in [0, 0.05) is 7.11 Å².